The zero-order chi connectivity index (χ0) is 13.0. The van der Waals surface area contributed by atoms with E-state index in [4.69, 9.17) is 27.9 Å². The summed E-state index contributed by atoms with van der Waals surface area (Å²) in [6.45, 7) is 3.57. The summed E-state index contributed by atoms with van der Waals surface area (Å²) in [5.41, 5.74) is 0.798. The lowest BCUT2D eigenvalue weighted by molar-refractivity contribution is -0.117. The maximum Gasteiger partial charge on any atom is 0.137 e. The van der Waals surface area contributed by atoms with Crippen LogP contribution in [0.25, 0.3) is 0 Å². The summed E-state index contributed by atoms with van der Waals surface area (Å²) >= 11 is 11.8. The largest absolute Gasteiger partial charge is 0.496 e. The number of carbonyl (C=O) groups excluding carboxylic acids is 1. The highest BCUT2D eigenvalue weighted by Crippen LogP contribution is 2.30. The average Bonchev–Trinajstić information content (AvgIpc) is 2.20. The van der Waals surface area contributed by atoms with E-state index in [1.54, 1.807) is 20.1 Å². The van der Waals surface area contributed by atoms with Crippen LogP contribution in [0.1, 0.15) is 25.8 Å². The molecule has 0 spiro atoms. The monoisotopic (exact) mass is 275 g/mol. The van der Waals surface area contributed by atoms with Crippen molar-refractivity contribution in [1.82, 2.24) is 4.98 Å². The van der Waals surface area contributed by atoms with Crippen LogP contribution in [0.4, 0.5) is 0 Å². The third-order valence-corrected chi connectivity index (χ3v) is 2.92. The zero-order valence-electron chi connectivity index (χ0n) is 10.1. The van der Waals surface area contributed by atoms with E-state index in [1.807, 2.05) is 6.92 Å². The minimum absolute atomic E-state index is 0.162. The van der Waals surface area contributed by atoms with Crippen molar-refractivity contribution in [3.63, 3.8) is 0 Å². The van der Waals surface area contributed by atoms with Gasteiger partial charge in [0.2, 0.25) is 0 Å². The van der Waals surface area contributed by atoms with Gasteiger partial charge in [-0.1, -0.05) is 30.1 Å². The van der Waals surface area contributed by atoms with Gasteiger partial charge in [0.25, 0.3) is 0 Å². The van der Waals surface area contributed by atoms with Crippen molar-refractivity contribution in [2.45, 2.75) is 26.7 Å². The van der Waals surface area contributed by atoms with Crippen LogP contribution in [0.2, 0.25) is 10.3 Å². The Morgan fingerprint density at radius 3 is 2.71 bits per heavy atom. The fourth-order valence-corrected chi connectivity index (χ4v) is 2.26. The number of methoxy groups -OCH3 is 1. The average molecular weight is 276 g/mol. The molecule has 1 unspecified atom stereocenters. The number of halogens is 2. The normalized spacial score (nSPS) is 12.3. The first-order valence-electron chi connectivity index (χ1n) is 5.32. The second kappa shape index (κ2) is 6.22. The van der Waals surface area contributed by atoms with Gasteiger partial charge >= 0.3 is 0 Å². The molecule has 0 bridgehead atoms. The van der Waals surface area contributed by atoms with E-state index in [1.165, 1.54) is 0 Å². The van der Waals surface area contributed by atoms with Crippen molar-refractivity contribution in [1.29, 1.82) is 0 Å². The minimum Gasteiger partial charge on any atom is -0.496 e. The second-order valence-electron chi connectivity index (χ2n) is 4.13. The smallest absolute Gasteiger partial charge is 0.137 e. The molecule has 0 aliphatic heterocycles. The molecule has 1 heterocycles. The maximum absolute atomic E-state index is 11.0. The first-order valence-corrected chi connectivity index (χ1v) is 6.08. The Balaban J connectivity index is 2.93. The van der Waals surface area contributed by atoms with Crippen molar-refractivity contribution in [3.8, 4) is 5.75 Å². The molecular formula is C12H15Cl2NO2. The Kier molecular flexibility index (Phi) is 5.22. The van der Waals surface area contributed by atoms with E-state index in [0.717, 1.165) is 5.56 Å². The summed E-state index contributed by atoms with van der Waals surface area (Å²) in [4.78, 5) is 15.0. The lowest BCUT2D eigenvalue weighted by Crippen LogP contribution is -2.07. The Morgan fingerprint density at radius 2 is 2.18 bits per heavy atom. The number of nitrogens with zero attached hydrogens (tertiary/aromatic N) is 1. The molecule has 1 atom stereocenters. The second-order valence-corrected chi connectivity index (χ2v) is 4.88. The van der Waals surface area contributed by atoms with Crippen LogP contribution in [0.15, 0.2) is 6.07 Å². The summed E-state index contributed by atoms with van der Waals surface area (Å²) in [6.07, 6.45) is 1.16. The summed E-state index contributed by atoms with van der Waals surface area (Å²) < 4.78 is 5.22. The number of aromatic nitrogens is 1. The van der Waals surface area contributed by atoms with Gasteiger partial charge in [0.15, 0.2) is 0 Å². The predicted molar refractivity (Wildman–Crippen MR) is 69.0 cm³/mol. The predicted octanol–water partition coefficient (Wildman–Crippen LogP) is 3.55. The highest BCUT2D eigenvalue weighted by molar-refractivity contribution is 6.33. The number of hydrogen-bond acceptors (Lipinski definition) is 3. The number of carbonyl (C=O) groups is 1. The van der Waals surface area contributed by atoms with Crippen LogP contribution < -0.4 is 4.74 Å². The molecule has 0 aromatic carbocycles. The third-order valence-electron chi connectivity index (χ3n) is 2.41. The molecular weight excluding hydrogens is 261 g/mol. The van der Waals surface area contributed by atoms with Crippen molar-refractivity contribution in [2.75, 3.05) is 7.11 Å². The van der Waals surface area contributed by atoms with Crippen LogP contribution in [-0.4, -0.2) is 17.9 Å². The molecule has 0 aliphatic carbocycles. The SMILES string of the molecule is COc1cc(Cl)nc(Cl)c1CC(C)CC(C)=O. The zero-order valence-corrected chi connectivity index (χ0v) is 11.6. The van der Waals surface area contributed by atoms with Gasteiger partial charge in [-0.3, -0.25) is 0 Å². The lowest BCUT2D eigenvalue weighted by Gasteiger charge is -2.14. The highest BCUT2D eigenvalue weighted by Gasteiger charge is 2.15. The maximum atomic E-state index is 11.0. The Hall–Kier alpha value is -0.800. The van der Waals surface area contributed by atoms with E-state index < -0.39 is 0 Å². The third kappa shape index (κ3) is 4.17. The number of pyridine rings is 1. The van der Waals surface area contributed by atoms with Gasteiger partial charge in [-0.25, -0.2) is 4.98 Å². The molecule has 94 valence electrons. The standard InChI is InChI=1S/C12H15Cl2NO2/c1-7(4-8(2)16)5-9-10(17-3)6-11(13)15-12(9)14/h6-7H,4-5H2,1-3H3. The Labute approximate surface area is 111 Å². The van der Waals surface area contributed by atoms with Crippen LogP contribution in [0.3, 0.4) is 0 Å². The molecule has 1 aromatic rings. The molecule has 0 aliphatic rings. The molecule has 3 nitrogen and oxygen atoms in total. The van der Waals surface area contributed by atoms with Crippen molar-refractivity contribution >= 4 is 29.0 Å². The number of rotatable bonds is 5. The number of hydrogen-bond donors (Lipinski definition) is 0. The molecule has 0 amide bonds. The molecule has 0 saturated carbocycles. The van der Waals surface area contributed by atoms with Gasteiger partial charge in [0.05, 0.1) is 7.11 Å². The van der Waals surface area contributed by atoms with Gasteiger partial charge < -0.3 is 9.53 Å². The molecule has 0 radical (unpaired) electrons. The summed E-state index contributed by atoms with van der Waals surface area (Å²) in [5, 5.41) is 0.638. The first kappa shape index (κ1) is 14.3. The Morgan fingerprint density at radius 1 is 1.53 bits per heavy atom. The van der Waals surface area contributed by atoms with Crippen molar-refractivity contribution < 1.29 is 9.53 Å². The molecule has 0 saturated heterocycles. The fourth-order valence-electron chi connectivity index (χ4n) is 1.77. The highest BCUT2D eigenvalue weighted by atomic mass is 35.5. The molecule has 5 heteroatoms. The quantitative estimate of drug-likeness (QED) is 0.772. The van der Waals surface area contributed by atoms with E-state index in [0.29, 0.717) is 28.9 Å². The van der Waals surface area contributed by atoms with Gasteiger partial charge in [-0.15, -0.1) is 0 Å². The topological polar surface area (TPSA) is 39.2 Å². The minimum atomic E-state index is 0.162. The van der Waals surface area contributed by atoms with E-state index in [2.05, 4.69) is 4.98 Å². The molecule has 0 N–H and O–H groups in total. The number of ether oxygens (including phenoxy) is 1. The molecule has 1 rings (SSSR count). The number of Topliss-reactive ketones (excluding diaryl/α,β-unsaturated/α-hetero) is 1. The van der Waals surface area contributed by atoms with E-state index in [-0.39, 0.29) is 11.7 Å². The lowest BCUT2D eigenvalue weighted by atomic mass is 9.97. The summed E-state index contributed by atoms with van der Waals surface area (Å²) in [7, 11) is 1.56. The Bertz CT molecular complexity index is 421. The fraction of sp³-hybridized carbons (Fsp3) is 0.500. The summed E-state index contributed by atoms with van der Waals surface area (Å²) in [6, 6.07) is 1.63. The van der Waals surface area contributed by atoms with Gasteiger partial charge in [-0.2, -0.15) is 0 Å². The van der Waals surface area contributed by atoms with Crippen LogP contribution in [0.5, 0.6) is 5.75 Å². The van der Waals surface area contributed by atoms with Crippen LogP contribution in [0, 0.1) is 5.92 Å². The van der Waals surface area contributed by atoms with Crippen LogP contribution in [-0.2, 0) is 11.2 Å². The molecule has 1 aromatic heterocycles. The van der Waals surface area contributed by atoms with Gasteiger partial charge in [-0.05, 0) is 19.3 Å². The first-order chi connectivity index (χ1) is 7.93. The summed E-state index contributed by atoms with van der Waals surface area (Å²) in [5.74, 6) is 0.974. The molecule has 17 heavy (non-hydrogen) atoms. The van der Waals surface area contributed by atoms with Crippen molar-refractivity contribution in [3.05, 3.63) is 21.9 Å². The van der Waals surface area contributed by atoms with Gasteiger partial charge in [0, 0.05) is 18.1 Å². The van der Waals surface area contributed by atoms with Crippen molar-refractivity contribution in [2.24, 2.45) is 5.92 Å². The van der Waals surface area contributed by atoms with E-state index >= 15 is 0 Å². The molecule has 0 fully saturated rings. The van der Waals surface area contributed by atoms with Gasteiger partial charge in [0.1, 0.15) is 21.8 Å². The van der Waals surface area contributed by atoms with Crippen LogP contribution >= 0.6 is 23.2 Å². The van der Waals surface area contributed by atoms with E-state index in [9.17, 15) is 4.79 Å². The number of ketones is 1.